The van der Waals surface area contributed by atoms with Gasteiger partial charge in [-0.05, 0) is 43.2 Å². The number of benzene rings is 3. The predicted molar refractivity (Wildman–Crippen MR) is 128 cm³/mol. The zero-order valence-corrected chi connectivity index (χ0v) is 19.4. The number of carboxylic acids is 1. The van der Waals surface area contributed by atoms with E-state index in [0.29, 0.717) is 30.5 Å². The lowest BCUT2D eigenvalue weighted by molar-refractivity contribution is -0.137. The van der Waals surface area contributed by atoms with E-state index in [1.807, 2.05) is 0 Å². The third kappa shape index (κ3) is 6.21. The summed E-state index contributed by atoms with van der Waals surface area (Å²) in [7, 11) is -3.97. The number of hydrogen-bond acceptors (Lipinski definition) is 4. The molecule has 0 spiro atoms. The van der Waals surface area contributed by atoms with Crippen molar-refractivity contribution in [2.45, 2.75) is 30.6 Å². The first kappa shape index (κ1) is 24.5. The molecule has 6 nitrogen and oxygen atoms in total. The van der Waals surface area contributed by atoms with Gasteiger partial charge in [-0.25, -0.2) is 8.42 Å². The smallest absolute Gasteiger partial charge is 0.303 e. The van der Waals surface area contributed by atoms with Gasteiger partial charge in [0.2, 0.25) is 0 Å². The number of ketones is 1. The summed E-state index contributed by atoms with van der Waals surface area (Å²) in [5.41, 5.74) is 1.18. The zero-order chi connectivity index (χ0) is 23.8. The summed E-state index contributed by atoms with van der Waals surface area (Å²) < 4.78 is 28.3. The Morgan fingerprint density at radius 2 is 1.48 bits per heavy atom. The first-order valence-electron chi connectivity index (χ1n) is 10.5. The lowest BCUT2D eigenvalue weighted by atomic mass is 10.0. The predicted octanol–water partition coefficient (Wildman–Crippen LogP) is 5.41. The number of carbonyl (C=O) groups excluding carboxylic acids is 1. The van der Waals surface area contributed by atoms with Crippen molar-refractivity contribution in [3.63, 3.8) is 0 Å². The molecule has 0 aliphatic carbocycles. The number of halogens is 1. The summed E-state index contributed by atoms with van der Waals surface area (Å²) in [6, 6.07) is 21.4. The van der Waals surface area contributed by atoms with Crippen molar-refractivity contribution in [3.05, 3.63) is 95.0 Å². The maximum absolute atomic E-state index is 13.5. The molecule has 0 aliphatic heterocycles. The lowest BCUT2D eigenvalue weighted by Crippen LogP contribution is -2.32. The summed E-state index contributed by atoms with van der Waals surface area (Å²) in [6.07, 6.45) is 1.60. The molecule has 8 heteroatoms. The molecule has 1 N–H and O–H groups in total. The summed E-state index contributed by atoms with van der Waals surface area (Å²) in [6.45, 7) is 0.189. The first-order valence-corrected chi connectivity index (χ1v) is 12.3. The minimum absolute atomic E-state index is 0.0218. The average molecular weight is 486 g/mol. The Morgan fingerprint density at radius 1 is 0.848 bits per heavy atom. The number of nitrogens with zero attached hydrogens (tertiary/aromatic N) is 1. The van der Waals surface area contributed by atoms with Crippen LogP contribution in [0.3, 0.4) is 0 Å². The molecule has 3 aromatic carbocycles. The Morgan fingerprint density at radius 3 is 2.09 bits per heavy atom. The largest absolute Gasteiger partial charge is 0.481 e. The van der Waals surface area contributed by atoms with E-state index >= 15 is 0 Å². The molecule has 0 atom stereocenters. The highest BCUT2D eigenvalue weighted by Gasteiger charge is 2.26. The first-order chi connectivity index (χ1) is 15.8. The average Bonchev–Trinajstić information content (AvgIpc) is 2.81. The van der Waals surface area contributed by atoms with E-state index in [4.69, 9.17) is 16.7 Å². The minimum Gasteiger partial charge on any atom is -0.481 e. The number of anilines is 1. The molecule has 0 saturated carbocycles. The number of carboxylic acid groups (broad SMARTS) is 1. The van der Waals surface area contributed by atoms with Crippen molar-refractivity contribution in [2.75, 3.05) is 10.8 Å². The SMILES string of the molecule is O=C(O)CCCCCN(c1ccccc1)S(=O)(=O)c1ccc(C(=O)c2ccccc2)c(Cl)c1. The van der Waals surface area contributed by atoms with Gasteiger partial charge >= 0.3 is 5.97 Å². The maximum atomic E-state index is 13.5. The molecule has 0 bridgehead atoms. The molecule has 3 rings (SSSR count). The number of sulfonamides is 1. The molecule has 172 valence electrons. The molecular formula is C25H24ClNO5S. The van der Waals surface area contributed by atoms with E-state index in [0.717, 1.165) is 0 Å². The Labute approximate surface area is 198 Å². The number of para-hydroxylation sites is 1. The summed E-state index contributed by atoms with van der Waals surface area (Å²) in [4.78, 5) is 23.4. The molecule has 0 saturated heterocycles. The second-order valence-corrected chi connectivity index (χ2v) is 9.72. The van der Waals surface area contributed by atoms with Crippen LogP contribution in [0.5, 0.6) is 0 Å². The summed E-state index contributed by atoms with van der Waals surface area (Å²) in [5.74, 6) is -1.16. The Kier molecular flexibility index (Phi) is 8.25. The molecule has 0 aromatic heterocycles. The van der Waals surface area contributed by atoms with Crippen LogP contribution in [0.15, 0.2) is 83.8 Å². The molecule has 0 fully saturated rings. The highest BCUT2D eigenvalue weighted by Crippen LogP contribution is 2.28. The molecule has 3 aromatic rings. The molecular weight excluding hydrogens is 462 g/mol. The number of unbranched alkanes of at least 4 members (excludes halogenated alkanes) is 2. The summed E-state index contributed by atoms with van der Waals surface area (Å²) in [5, 5.41) is 8.85. The fourth-order valence-corrected chi connectivity index (χ4v) is 5.26. The fourth-order valence-electron chi connectivity index (χ4n) is 3.40. The van der Waals surface area contributed by atoms with Crippen molar-refractivity contribution in [2.24, 2.45) is 0 Å². The molecule has 0 aliphatic rings. The van der Waals surface area contributed by atoms with Crippen LogP contribution in [0.4, 0.5) is 5.69 Å². The highest BCUT2D eigenvalue weighted by molar-refractivity contribution is 7.92. The fraction of sp³-hybridized carbons (Fsp3) is 0.200. The van der Waals surface area contributed by atoms with Gasteiger partial charge in [-0.15, -0.1) is 0 Å². The lowest BCUT2D eigenvalue weighted by Gasteiger charge is -2.25. The van der Waals surface area contributed by atoms with Gasteiger partial charge in [0.05, 0.1) is 15.6 Å². The van der Waals surface area contributed by atoms with Crippen molar-refractivity contribution in [1.29, 1.82) is 0 Å². The number of carbonyl (C=O) groups is 2. The Hall–Kier alpha value is -3.16. The molecule has 0 unspecified atom stereocenters. The Balaban J connectivity index is 1.87. The third-order valence-electron chi connectivity index (χ3n) is 5.11. The topological polar surface area (TPSA) is 91.8 Å². The van der Waals surface area contributed by atoms with Crippen LogP contribution in [-0.4, -0.2) is 31.8 Å². The number of aliphatic carboxylic acids is 1. The van der Waals surface area contributed by atoms with Gasteiger partial charge < -0.3 is 5.11 Å². The van der Waals surface area contributed by atoms with E-state index in [1.54, 1.807) is 60.7 Å². The standard InChI is InChI=1S/C25H24ClNO5S/c26-23-18-21(15-16-22(23)25(30)19-10-4-1-5-11-19)33(31,32)27(20-12-6-2-7-13-20)17-9-3-8-14-24(28)29/h1-2,4-7,10-13,15-16,18H,3,8-9,14,17H2,(H,28,29). The van der Waals surface area contributed by atoms with Crippen molar-refractivity contribution in [1.82, 2.24) is 0 Å². The second-order valence-electron chi connectivity index (χ2n) is 7.45. The van der Waals surface area contributed by atoms with Gasteiger partial charge in [0.15, 0.2) is 5.78 Å². The maximum Gasteiger partial charge on any atom is 0.303 e. The van der Waals surface area contributed by atoms with Gasteiger partial charge in [0, 0.05) is 24.1 Å². The second kappa shape index (κ2) is 11.1. The number of rotatable bonds is 11. The highest BCUT2D eigenvalue weighted by atomic mass is 35.5. The van der Waals surface area contributed by atoms with Gasteiger partial charge in [-0.1, -0.05) is 66.6 Å². The molecule has 0 radical (unpaired) electrons. The van der Waals surface area contributed by atoms with E-state index < -0.39 is 16.0 Å². The summed E-state index contributed by atoms with van der Waals surface area (Å²) >= 11 is 6.35. The number of hydrogen-bond donors (Lipinski definition) is 1. The van der Waals surface area contributed by atoms with Crippen LogP contribution in [0, 0.1) is 0 Å². The van der Waals surface area contributed by atoms with E-state index in [9.17, 15) is 18.0 Å². The van der Waals surface area contributed by atoms with Crippen LogP contribution < -0.4 is 4.31 Å². The normalized spacial score (nSPS) is 11.2. The molecule has 0 amide bonds. The van der Waals surface area contributed by atoms with Gasteiger partial charge in [-0.2, -0.15) is 0 Å². The van der Waals surface area contributed by atoms with Crippen LogP contribution in [-0.2, 0) is 14.8 Å². The molecule has 33 heavy (non-hydrogen) atoms. The Bertz CT molecular complexity index is 1210. The van der Waals surface area contributed by atoms with Crippen molar-refractivity contribution < 1.29 is 23.1 Å². The minimum atomic E-state index is -3.97. The van der Waals surface area contributed by atoms with E-state index in [-0.39, 0.29) is 34.2 Å². The van der Waals surface area contributed by atoms with E-state index in [2.05, 4.69) is 0 Å². The van der Waals surface area contributed by atoms with Gasteiger partial charge in [-0.3, -0.25) is 13.9 Å². The van der Waals surface area contributed by atoms with Crippen LogP contribution in [0.2, 0.25) is 5.02 Å². The van der Waals surface area contributed by atoms with Gasteiger partial charge in [0.25, 0.3) is 10.0 Å². The van der Waals surface area contributed by atoms with Crippen molar-refractivity contribution in [3.8, 4) is 0 Å². The van der Waals surface area contributed by atoms with Crippen molar-refractivity contribution >= 4 is 39.1 Å². The quantitative estimate of drug-likeness (QED) is 0.289. The monoisotopic (exact) mass is 485 g/mol. The van der Waals surface area contributed by atoms with Crippen LogP contribution in [0.25, 0.3) is 0 Å². The van der Waals surface area contributed by atoms with Crippen LogP contribution in [0.1, 0.15) is 41.6 Å². The van der Waals surface area contributed by atoms with Gasteiger partial charge in [0.1, 0.15) is 0 Å². The van der Waals surface area contributed by atoms with Crippen LogP contribution >= 0.6 is 11.6 Å². The third-order valence-corrected chi connectivity index (χ3v) is 7.24. The molecule has 0 heterocycles. The zero-order valence-electron chi connectivity index (χ0n) is 17.9. The van der Waals surface area contributed by atoms with E-state index in [1.165, 1.54) is 22.5 Å².